The molecule has 0 aromatic rings. The summed E-state index contributed by atoms with van der Waals surface area (Å²) < 4.78 is 34.9. The molecule has 0 amide bonds. The van der Waals surface area contributed by atoms with Gasteiger partial charge in [0.15, 0.2) is 6.10 Å². The molecule has 9 nitrogen and oxygen atoms in total. The summed E-state index contributed by atoms with van der Waals surface area (Å²) in [7, 11) is 1.48. The van der Waals surface area contributed by atoms with Gasteiger partial charge in [0.05, 0.1) is 27.7 Å². The molecule has 0 saturated heterocycles. The zero-order valence-electron chi connectivity index (χ0n) is 69.9. The zero-order chi connectivity index (χ0) is 76.8. The Kier molecular flexibility index (Phi) is 81.6. The number of phosphoric ester groups is 1. The molecule has 0 aliphatic carbocycles. The smallest absolute Gasteiger partial charge is 0.462 e. The summed E-state index contributed by atoms with van der Waals surface area (Å²) in [5, 5.41) is 0. The lowest BCUT2D eigenvalue weighted by atomic mass is 10.0. The van der Waals surface area contributed by atoms with Crippen molar-refractivity contribution >= 4 is 19.8 Å². The topological polar surface area (TPSA) is 108 Å². The highest BCUT2D eigenvalue weighted by Crippen LogP contribution is 2.43. The monoisotopic (exact) mass is 1500 g/mol. The maximum Gasteiger partial charge on any atom is 0.472 e. The van der Waals surface area contributed by atoms with E-state index in [1.807, 2.05) is 21.1 Å². The molecule has 0 fully saturated rings. The predicted molar refractivity (Wildman–Crippen MR) is 464 cm³/mol. The van der Waals surface area contributed by atoms with Gasteiger partial charge in [0, 0.05) is 12.8 Å². The number of hydrogen-bond donors (Lipinski definition) is 1. The van der Waals surface area contributed by atoms with Crippen molar-refractivity contribution < 1.29 is 42.1 Å². The number of rotatable bonds is 82. The van der Waals surface area contributed by atoms with E-state index in [-0.39, 0.29) is 32.0 Å². The first-order valence-electron chi connectivity index (χ1n) is 44.6. The Morgan fingerprint density at radius 2 is 0.538 bits per heavy atom. The van der Waals surface area contributed by atoms with Crippen LogP contribution in [0.1, 0.15) is 399 Å². The van der Waals surface area contributed by atoms with Crippen LogP contribution in [0.2, 0.25) is 0 Å². The highest BCUT2D eigenvalue weighted by Gasteiger charge is 2.27. The van der Waals surface area contributed by atoms with Crippen LogP contribution in [0.3, 0.4) is 0 Å². The SMILES string of the molecule is CC/C=C\C/C=C\C/C=C\C/C=C\C/C=C\C/C=C\C/C=C\C/C=C\C/C=C\C/C=C\CCCCCCCCCCCCC(=O)OC(COC(=O)CCCCCCCCCCCCCCCCCCCCCCCCCCCCCCC/C=C\C/C=C\CCCCCCC)COP(=O)(O)OCC[N+](C)(C)C. The molecule has 2 atom stereocenters. The van der Waals surface area contributed by atoms with Gasteiger partial charge in [0.2, 0.25) is 0 Å². The van der Waals surface area contributed by atoms with Gasteiger partial charge < -0.3 is 18.9 Å². The average molecular weight is 1500 g/mol. The number of phosphoric acid groups is 1. The Morgan fingerprint density at radius 3 is 0.802 bits per heavy atom. The molecule has 1 N–H and O–H groups in total. The second-order valence-electron chi connectivity index (χ2n) is 30.9. The van der Waals surface area contributed by atoms with Crippen molar-refractivity contribution in [1.82, 2.24) is 0 Å². The van der Waals surface area contributed by atoms with Crippen LogP contribution in [0.15, 0.2) is 146 Å². The molecule has 10 heteroatoms. The number of carbonyl (C=O) groups excluding carboxylic acids is 2. The first-order chi connectivity index (χ1) is 52.0. The number of allylic oxidation sites excluding steroid dienone is 24. The summed E-state index contributed by atoms with van der Waals surface area (Å²) in [5.41, 5.74) is 0. The highest BCUT2D eigenvalue weighted by molar-refractivity contribution is 7.47. The summed E-state index contributed by atoms with van der Waals surface area (Å²) in [6, 6.07) is 0. The molecule has 610 valence electrons. The molecule has 0 heterocycles. The Morgan fingerprint density at radius 1 is 0.302 bits per heavy atom. The molecule has 0 aliphatic heterocycles. The van der Waals surface area contributed by atoms with Gasteiger partial charge in [-0.05, 0) is 122 Å². The van der Waals surface area contributed by atoms with Gasteiger partial charge in [-0.15, -0.1) is 0 Å². The van der Waals surface area contributed by atoms with Gasteiger partial charge in [-0.25, -0.2) is 4.57 Å². The number of hydrogen-bond acceptors (Lipinski definition) is 7. The Balaban J connectivity index is 3.94. The van der Waals surface area contributed by atoms with E-state index >= 15 is 0 Å². The third kappa shape index (κ3) is 88.8. The van der Waals surface area contributed by atoms with Crippen LogP contribution in [-0.2, 0) is 32.7 Å². The summed E-state index contributed by atoms with van der Waals surface area (Å²) in [6.45, 7) is 4.34. The molecule has 0 bridgehead atoms. The van der Waals surface area contributed by atoms with E-state index < -0.39 is 26.5 Å². The number of ether oxygens (including phenoxy) is 2. The lowest BCUT2D eigenvalue weighted by molar-refractivity contribution is -0.870. The number of nitrogens with zero attached hydrogens (tertiary/aromatic N) is 1. The largest absolute Gasteiger partial charge is 0.472 e. The van der Waals surface area contributed by atoms with E-state index in [0.717, 1.165) is 116 Å². The molecule has 0 radical (unpaired) electrons. The minimum absolute atomic E-state index is 0.0270. The van der Waals surface area contributed by atoms with Crippen molar-refractivity contribution in [3.8, 4) is 0 Å². The Hall–Kier alpha value is -4.11. The quantitative estimate of drug-likeness (QED) is 0.0211. The van der Waals surface area contributed by atoms with Gasteiger partial charge in [-0.3, -0.25) is 18.6 Å². The van der Waals surface area contributed by atoms with Crippen molar-refractivity contribution in [1.29, 1.82) is 0 Å². The number of carbonyl (C=O) groups is 2. The molecule has 0 saturated carbocycles. The summed E-state index contributed by atoms with van der Waals surface area (Å²) >= 11 is 0. The van der Waals surface area contributed by atoms with Crippen LogP contribution < -0.4 is 0 Å². The Labute approximate surface area is 656 Å². The van der Waals surface area contributed by atoms with Crippen molar-refractivity contribution in [3.63, 3.8) is 0 Å². The van der Waals surface area contributed by atoms with E-state index in [0.29, 0.717) is 17.4 Å². The van der Waals surface area contributed by atoms with Crippen molar-refractivity contribution in [3.05, 3.63) is 146 Å². The second kappa shape index (κ2) is 84.9. The van der Waals surface area contributed by atoms with Crippen molar-refractivity contribution in [2.75, 3.05) is 47.5 Å². The minimum Gasteiger partial charge on any atom is -0.462 e. The number of likely N-dealkylation sites (N-methyl/N-ethyl adjacent to an activating group) is 1. The lowest BCUT2D eigenvalue weighted by Crippen LogP contribution is -2.37. The standard InChI is InChI=1S/C96H168NO8P/c1-6-8-10-12-14-16-18-20-22-24-26-28-30-32-34-36-38-40-42-44-46-48-50-52-54-56-58-60-62-64-66-68-70-72-74-76-78-80-82-84-86-88-95(98)102-92-94(93-104-106(100,101)103-91-90-97(3,4)5)105-96(99)89-87-85-83-81-79-77-75-73-71-69-67-65-63-61-59-57-55-53-51-49-47-45-43-41-39-37-35-33-31-29-27-25-23-21-19-17-15-13-11-9-7-2/h9,11,15,17-18,20-21,23-24,26-27,29,33,35,39,41,45,47,51,53,57,59,63,65,94H,6-8,10,12-14,16,19,22,25,28,30-32,34,36-38,40,42-44,46,48-50,52,54-56,58,60-62,64,66-93H2,1-5H3/p+1/b11-9-,17-15-,20-18-,23-21-,26-24-,29-27-,35-33-,41-39-,47-45-,53-51-,59-57-,65-63-. The second-order valence-corrected chi connectivity index (χ2v) is 32.4. The van der Waals surface area contributed by atoms with Gasteiger partial charge in [-0.2, -0.15) is 0 Å². The van der Waals surface area contributed by atoms with Crippen LogP contribution in [-0.4, -0.2) is 74.9 Å². The van der Waals surface area contributed by atoms with E-state index in [2.05, 4.69) is 160 Å². The number of quaternary nitrogens is 1. The molecule has 0 aromatic heterocycles. The van der Waals surface area contributed by atoms with Gasteiger partial charge in [0.25, 0.3) is 0 Å². The minimum atomic E-state index is -4.41. The van der Waals surface area contributed by atoms with E-state index in [1.54, 1.807) is 0 Å². The number of unbranched alkanes of at least 4 members (excludes halogenated alkanes) is 44. The van der Waals surface area contributed by atoms with E-state index in [9.17, 15) is 19.0 Å². The molecule has 0 rings (SSSR count). The molecule has 0 aliphatic rings. The van der Waals surface area contributed by atoms with Crippen LogP contribution in [0.5, 0.6) is 0 Å². The van der Waals surface area contributed by atoms with Crippen LogP contribution in [0.25, 0.3) is 0 Å². The van der Waals surface area contributed by atoms with E-state index in [1.165, 1.54) is 250 Å². The fourth-order valence-electron chi connectivity index (χ4n) is 12.6. The van der Waals surface area contributed by atoms with Crippen LogP contribution in [0, 0.1) is 0 Å². The fraction of sp³-hybridized carbons (Fsp3) is 0.729. The van der Waals surface area contributed by atoms with Gasteiger partial charge in [0.1, 0.15) is 19.8 Å². The fourth-order valence-corrected chi connectivity index (χ4v) is 13.4. The van der Waals surface area contributed by atoms with Crippen molar-refractivity contribution in [2.24, 2.45) is 0 Å². The van der Waals surface area contributed by atoms with Crippen molar-refractivity contribution in [2.45, 2.75) is 405 Å². The predicted octanol–water partition coefficient (Wildman–Crippen LogP) is 30.4. The molecule has 0 aromatic carbocycles. The highest BCUT2D eigenvalue weighted by atomic mass is 31.2. The third-order valence-electron chi connectivity index (χ3n) is 19.4. The summed E-state index contributed by atoms with van der Waals surface area (Å²) in [4.78, 5) is 36.1. The normalized spacial score (nSPS) is 13.7. The molecule has 2 unspecified atom stereocenters. The Bertz CT molecular complexity index is 2310. The van der Waals surface area contributed by atoms with Gasteiger partial charge >= 0.3 is 19.8 Å². The maximum atomic E-state index is 12.9. The zero-order valence-corrected chi connectivity index (χ0v) is 70.8. The molecular formula is C96H169NO8P+. The number of esters is 2. The first-order valence-corrected chi connectivity index (χ1v) is 46.1. The molecule has 0 spiro atoms. The summed E-state index contributed by atoms with van der Waals surface area (Å²) in [6.07, 6.45) is 126. The van der Waals surface area contributed by atoms with Crippen LogP contribution in [0.4, 0.5) is 0 Å². The maximum absolute atomic E-state index is 12.9. The first kappa shape index (κ1) is 102. The average Bonchev–Trinajstić information content (AvgIpc) is 0.908. The molecule has 106 heavy (non-hydrogen) atoms. The summed E-state index contributed by atoms with van der Waals surface area (Å²) in [5.74, 6) is -0.793. The van der Waals surface area contributed by atoms with E-state index in [4.69, 9.17) is 18.5 Å². The lowest BCUT2D eigenvalue weighted by Gasteiger charge is -2.24. The third-order valence-corrected chi connectivity index (χ3v) is 20.3. The van der Waals surface area contributed by atoms with Crippen LogP contribution >= 0.6 is 7.82 Å². The van der Waals surface area contributed by atoms with Gasteiger partial charge in [-0.1, -0.05) is 410 Å². The molecular weight excluding hydrogens is 1330 g/mol.